The molecule has 0 fully saturated rings. The first-order valence-corrected chi connectivity index (χ1v) is 19.1. The molecule has 266 valence electrons. The largest absolute Gasteiger partial charge is 0.455 e. The first kappa shape index (κ1) is 31.5. The van der Waals surface area contributed by atoms with Crippen LogP contribution in [0.3, 0.4) is 0 Å². The van der Waals surface area contributed by atoms with Gasteiger partial charge in [0.15, 0.2) is 17.5 Å². The van der Waals surface area contributed by atoms with E-state index in [1.165, 1.54) is 21.8 Å². The van der Waals surface area contributed by atoms with E-state index in [9.17, 15) is 0 Å². The quantitative estimate of drug-likeness (QED) is 0.177. The summed E-state index contributed by atoms with van der Waals surface area (Å²) >= 11 is 0. The molecule has 0 N–H and O–H groups in total. The van der Waals surface area contributed by atoms with Gasteiger partial charge in [-0.05, 0) is 42.5 Å². The van der Waals surface area contributed by atoms with Gasteiger partial charge in [0.05, 0.1) is 33.3 Å². The van der Waals surface area contributed by atoms with E-state index in [-0.39, 0.29) is 0 Å². The van der Waals surface area contributed by atoms with E-state index in [1.807, 2.05) is 66.7 Å². The fraction of sp³-hybridized carbons (Fsp3) is 0. The summed E-state index contributed by atoms with van der Waals surface area (Å²) in [5, 5.41) is 6.82. The molecule has 0 aliphatic carbocycles. The molecule has 4 heterocycles. The summed E-state index contributed by atoms with van der Waals surface area (Å²) in [7, 11) is 0. The van der Waals surface area contributed by atoms with Gasteiger partial charge in [0.25, 0.3) is 0 Å². The lowest BCUT2D eigenvalue weighted by Gasteiger charge is -2.14. The second-order valence-electron chi connectivity index (χ2n) is 14.4. The van der Waals surface area contributed by atoms with Crippen LogP contribution >= 0.6 is 0 Å². The number of hydrogen-bond donors (Lipinski definition) is 0. The highest BCUT2D eigenvalue weighted by Crippen LogP contribution is 2.43. The van der Waals surface area contributed by atoms with Crippen LogP contribution in [0.15, 0.2) is 192 Å². The number of nitrogens with zero attached hydrogens (tertiary/aromatic N) is 5. The van der Waals surface area contributed by atoms with Gasteiger partial charge in [0.2, 0.25) is 0 Å². The summed E-state index contributed by atoms with van der Waals surface area (Å²) in [6, 6.07) is 65.5. The number of furan rings is 1. The standard InChI is InChI=1S/C51H31N5O/c1-4-16-32(17-5-1)49-52-50(33-18-6-2-7-19-33)54-51(53-49)39-26-14-25-38-41-30-40-37-24-15-29-44(56-42-27-12-10-22-35(42)36-23-11-13-28-43(36)56)47(37)55(34-20-8-3-9-21-34)45(40)31-46(41)57-48(38)39/h1-31H. The molecule has 6 nitrogen and oxygen atoms in total. The monoisotopic (exact) mass is 729 g/mol. The molecule has 0 radical (unpaired) electrons. The van der Waals surface area contributed by atoms with Crippen molar-refractivity contribution < 1.29 is 4.42 Å². The van der Waals surface area contributed by atoms with Crippen LogP contribution in [0, 0.1) is 0 Å². The smallest absolute Gasteiger partial charge is 0.167 e. The lowest BCUT2D eigenvalue weighted by Crippen LogP contribution is -2.00. The van der Waals surface area contributed by atoms with Crippen LogP contribution in [0.25, 0.3) is 111 Å². The fourth-order valence-corrected chi connectivity index (χ4v) is 8.65. The van der Waals surface area contributed by atoms with Crippen LogP contribution in [0.2, 0.25) is 0 Å². The molecular formula is C51H31N5O. The maximum Gasteiger partial charge on any atom is 0.167 e. The van der Waals surface area contributed by atoms with Crippen molar-refractivity contribution >= 4 is 65.6 Å². The first-order valence-electron chi connectivity index (χ1n) is 19.1. The van der Waals surface area contributed by atoms with Gasteiger partial charge in [-0.2, -0.15) is 0 Å². The average Bonchev–Trinajstić information content (AvgIpc) is 3.93. The summed E-state index contributed by atoms with van der Waals surface area (Å²) in [5.41, 5.74) is 10.9. The van der Waals surface area contributed by atoms with E-state index in [1.54, 1.807) is 0 Å². The number of rotatable bonds is 5. The molecule has 12 rings (SSSR count). The Bertz CT molecular complexity index is 3400. The second kappa shape index (κ2) is 12.3. The summed E-state index contributed by atoms with van der Waals surface area (Å²) in [6.07, 6.45) is 0. The maximum absolute atomic E-state index is 6.92. The molecule has 0 spiro atoms. The number of benzene rings is 8. The Kier molecular flexibility index (Phi) is 6.83. The van der Waals surface area contributed by atoms with Gasteiger partial charge in [0, 0.05) is 55.2 Å². The molecule has 0 saturated heterocycles. The molecule has 6 heteroatoms. The lowest BCUT2D eigenvalue weighted by molar-refractivity contribution is 0.670. The van der Waals surface area contributed by atoms with Crippen LogP contribution in [-0.2, 0) is 0 Å². The van der Waals surface area contributed by atoms with E-state index < -0.39 is 0 Å². The van der Waals surface area contributed by atoms with Gasteiger partial charge in [0.1, 0.15) is 11.2 Å². The van der Waals surface area contributed by atoms with Crippen molar-refractivity contribution in [3.63, 3.8) is 0 Å². The minimum Gasteiger partial charge on any atom is -0.455 e. The van der Waals surface area contributed by atoms with Crippen LogP contribution in [0.4, 0.5) is 0 Å². The van der Waals surface area contributed by atoms with Crippen LogP contribution < -0.4 is 0 Å². The van der Waals surface area contributed by atoms with Crippen molar-refractivity contribution in [3.05, 3.63) is 188 Å². The topological polar surface area (TPSA) is 61.7 Å². The average molecular weight is 730 g/mol. The molecule has 57 heavy (non-hydrogen) atoms. The Labute approximate surface area is 326 Å². The zero-order valence-corrected chi connectivity index (χ0v) is 30.5. The molecular weight excluding hydrogens is 699 g/mol. The Morgan fingerprint density at radius 2 is 0.912 bits per heavy atom. The normalized spacial score (nSPS) is 11.9. The van der Waals surface area contributed by atoms with Crippen LogP contribution in [0.5, 0.6) is 0 Å². The van der Waals surface area contributed by atoms with Crippen molar-refractivity contribution in [2.45, 2.75) is 0 Å². The maximum atomic E-state index is 6.92. The van der Waals surface area contributed by atoms with Gasteiger partial charge in [-0.3, -0.25) is 0 Å². The third-order valence-corrected chi connectivity index (χ3v) is 11.2. The number of fused-ring (bicyclic) bond motifs is 9. The third-order valence-electron chi connectivity index (χ3n) is 11.2. The van der Waals surface area contributed by atoms with Gasteiger partial charge in [-0.1, -0.05) is 140 Å². The SMILES string of the molecule is c1ccc(-c2nc(-c3ccccc3)nc(-c3cccc4c3oc3cc5c(cc34)c3cccc(-n4c6ccccc6c6ccccc64)c3n5-c3ccccc3)n2)cc1. The molecule has 0 amide bonds. The molecule has 0 saturated carbocycles. The minimum atomic E-state index is 0.562. The highest BCUT2D eigenvalue weighted by molar-refractivity contribution is 6.20. The number of hydrogen-bond acceptors (Lipinski definition) is 4. The molecule has 0 aliphatic heterocycles. The van der Waals surface area contributed by atoms with Gasteiger partial charge in [-0.15, -0.1) is 0 Å². The Balaban J connectivity index is 1.13. The highest BCUT2D eigenvalue weighted by atomic mass is 16.3. The summed E-state index contributed by atoms with van der Waals surface area (Å²) in [4.78, 5) is 15.0. The molecule has 8 aromatic carbocycles. The van der Waals surface area contributed by atoms with Gasteiger partial charge in [-0.25, -0.2) is 15.0 Å². The summed E-state index contributed by atoms with van der Waals surface area (Å²) in [6.45, 7) is 0. The van der Waals surface area contributed by atoms with Crippen molar-refractivity contribution in [2.24, 2.45) is 0 Å². The zero-order chi connectivity index (χ0) is 37.5. The Hall–Kier alpha value is -7.83. The number of para-hydroxylation sites is 5. The van der Waals surface area contributed by atoms with Crippen molar-refractivity contribution in [3.8, 4) is 45.5 Å². The first-order chi connectivity index (χ1) is 28.3. The van der Waals surface area contributed by atoms with Crippen molar-refractivity contribution in [1.82, 2.24) is 24.1 Å². The van der Waals surface area contributed by atoms with E-state index in [4.69, 9.17) is 19.4 Å². The van der Waals surface area contributed by atoms with Gasteiger partial charge < -0.3 is 13.6 Å². The molecule has 4 aromatic heterocycles. The minimum absolute atomic E-state index is 0.562. The second-order valence-corrected chi connectivity index (χ2v) is 14.4. The highest BCUT2D eigenvalue weighted by Gasteiger charge is 2.23. The Morgan fingerprint density at radius 3 is 1.58 bits per heavy atom. The summed E-state index contributed by atoms with van der Waals surface area (Å²) < 4.78 is 11.7. The molecule has 0 bridgehead atoms. The molecule has 0 atom stereocenters. The van der Waals surface area contributed by atoms with Crippen LogP contribution in [0.1, 0.15) is 0 Å². The fourth-order valence-electron chi connectivity index (χ4n) is 8.65. The summed E-state index contributed by atoms with van der Waals surface area (Å²) in [5.74, 6) is 1.79. The molecule has 0 aliphatic rings. The van der Waals surface area contributed by atoms with Crippen molar-refractivity contribution in [1.29, 1.82) is 0 Å². The zero-order valence-electron chi connectivity index (χ0n) is 30.5. The van der Waals surface area contributed by atoms with E-state index in [2.05, 4.69) is 130 Å². The predicted molar refractivity (Wildman–Crippen MR) is 232 cm³/mol. The van der Waals surface area contributed by atoms with E-state index in [0.717, 1.165) is 71.8 Å². The van der Waals surface area contributed by atoms with E-state index >= 15 is 0 Å². The third kappa shape index (κ3) is 4.81. The van der Waals surface area contributed by atoms with Crippen LogP contribution in [-0.4, -0.2) is 24.1 Å². The molecule has 12 aromatic rings. The van der Waals surface area contributed by atoms with Crippen molar-refractivity contribution in [2.75, 3.05) is 0 Å². The predicted octanol–water partition coefficient (Wildman–Crippen LogP) is 13.0. The van der Waals surface area contributed by atoms with E-state index in [0.29, 0.717) is 17.5 Å². The van der Waals surface area contributed by atoms with Gasteiger partial charge >= 0.3 is 0 Å². The number of aromatic nitrogens is 5. The molecule has 0 unspecified atom stereocenters. The Morgan fingerprint density at radius 1 is 0.368 bits per heavy atom. The lowest BCUT2D eigenvalue weighted by atomic mass is 10.1.